The maximum Gasteiger partial charge on any atom is 0.142 e. The van der Waals surface area contributed by atoms with Crippen LogP contribution in [-0.2, 0) is 9.53 Å². The zero-order chi connectivity index (χ0) is 9.40. The van der Waals surface area contributed by atoms with Gasteiger partial charge in [-0.2, -0.15) is 0 Å². The molecular weight excluding hydrogens is 160 g/mol. The maximum atomic E-state index is 9.94. The van der Waals surface area contributed by atoms with Gasteiger partial charge in [-0.3, -0.25) is 4.79 Å². The molecule has 2 atom stereocenters. The second kappa shape index (κ2) is 6.97. The Kier molecular flexibility index (Phi) is 6.55. The van der Waals surface area contributed by atoms with Crippen LogP contribution >= 0.6 is 0 Å². The van der Waals surface area contributed by atoms with Gasteiger partial charge in [0.25, 0.3) is 0 Å². The van der Waals surface area contributed by atoms with E-state index in [1.807, 2.05) is 0 Å². The second-order valence-electron chi connectivity index (χ2n) is 2.19. The van der Waals surface area contributed by atoms with Gasteiger partial charge in [0.15, 0.2) is 0 Å². The van der Waals surface area contributed by atoms with Gasteiger partial charge in [0, 0.05) is 6.61 Å². The summed E-state index contributed by atoms with van der Waals surface area (Å²) >= 11 is 0. The van der Waals surface area contributed by atoms with E-state index in [-0.39, 0.29) is 6.61 Å². The summed E-state index contributed by atoms with van der Waals surface area (Å²) in [5.41, 5.74) is 0. The molecule has 0 aromatic heterocycles. The smallest absolute Gasteiger partial charge is 0.142 e. The lowest BCUT2D eigenvalue weighted by molar-refractivity contribution is -0.104. The summed E-state index contributed by atoms with van der Waals surface area (Å²) in [5, 5.41) is 17.7. The van der Waals surface area contributed by atoms with Crippen LogP contribution in [0.25, 0.3) is 0 Å². The van der Waals surface area contributed by atoms with E-state index in [9.17, 15) is 4.79 Å². The Morgan fingerprint density at radius 1 is 1.58 bits per heavy atom. The molecule has 0 aliphatic heterocycles. The first kappa shape index (κ1) is 11.3. The van der Waals surface area contributed by atoms with Gasteiger partial charge in [-0.15, -0.1) is 0 Å². The Morgan fingerprint density at radius 2 is 2.25 bits per heavy atom. The zero-order valence-corrected chi connectivity index (χ0v) is 7.01. The van der Waals surface area contributed by atoms with Crippen molar-refractivity contribution in [1.82, 2.24) is 0 Å². The van der Waals surface area contributed by atoms with E-state index in [2.05, 4.69) is 0 Å². The number of hydrogen-bond acceptors (Lipinski definition) is 4. The van der Waals surface area contributed by atoms with Crippen LogP contribution in [-0.4, -0.2) is 41.9 Å². The third-order valence-electron chi connectivity index (χ3n) is 1.30. The Bertz CT molecular complexity index is 144. The SMILES string of the molecule is CCO[C@H](/C=C/C=O)C(O)CO. The van der Waals surface area contributed by atoms with Gasteiger partial charge in [0.1, 0.15) is 18.5 Å². The standard InChI is InChI=1S/C8H14O4/c1-2-12-8(4-3-5-9)7(11)6-10/h3-5,7-8,10-11H,2,6H2,1H3/b4-3+/t7?,8-/m1/s1. The minimum absolute atomic E-state index is 0.381. The predicted molar refractivity (Wildman–Crippen MR) is 43.7 cm³/mol. The Labute approximate surface area is 71.5 Å². The number of aliphatic hydroxyl groups excluding tert-OH is 2. The highest BCUT2D eigenvalue weighted by Crippen LogP contribution is 2.00. The second-order valence-corrected chi connectivity index (χ2v) is 2.19. The first-order valence-electron chi connectivity index (χ1n) is 3.78. The van der Waals surface area contributed by atoms with Gasteiger partial charge in [-0.25, -0.2) is 0 Å². The van der Waals surface area contributed by atoms with E-state index in [4.69, 9.17) is 14.9 Å². The third-order valence-corrected chi connectivity index (χ3v) is 1.30. The molecule has 0 spiro atoms. The van der Waals surface area contributed by atoms with Crippen molar-refractivity contribution in [2.24, 2.45) is 0 Å². The molecule has 0 saturated carbocycles. The van der Waals surface area contributed by atoms with Crippen LogP contribution in [0.5, 0.6) is 0 Å². The van der Waals surface area contributed by atoms with Crippen molar-refractivity contribution >= 4 is 6.29 Å². The number of hydrogen-bond donors (Lipinski definition) is 2. The molecule has 0 aliphatic rings. The summed E-state index contributed by atoms with van der Waals surface area (Å²) in [4.78, 5) is 9.94. The lowest BCUT2D eigenvalue weighted by atomic mass is 10.2. The summed E-state index contributed by atoms with van der Waals surface area (Å²) in [7, 11) is 0. The first-order chi connectivity index (χ1) is 5.76. The van der Waals surface area contributed by atoms with Crippen LogP contribution in [0.1, 0.15) is 6.92 Å². The number of aliphatic hydroxyl groups is 2. The molecule has 4 heteroatoms. The van der Waals surface area contributed by atoms with Gasteiger partial charge < -0.3 is 14.9 Å². The lowest BCUT2D eigenvalue weighted by Crippen LogP contribution is -2.30. The highest BCUT2D eigenvalue weighted by Gasteiger charge is 2.14. The van der Waals surface area contributed by atoms with E-state index >= 15 is 0 Å². The molecule has 2 N–H and O–H groups in total. The molecule has 70 valence electrons. The van der Waals surface area contributed by atoms with Crippen molar-refractivity contribution in [2.75, 3.05) is 13.2 Å². The van der Waals surface area contributed by atoms with E-state index in [1.54, 1.807) is 6.92 Å². The van der Waals surface area contributed by atoms with Crippen LogP contribution in [0.3, 0.4) is 0 Å². The molecular formula is C8H14O4. The van der Waals surface area contributed by atoms with E-state index in [0.717, 1.165) is 0 Å². The Balaban J connectivity index is 4.01. The fraction of sp³-hybridized carbons (Fsp3) is 0.625. The van der Waals surface area contributed by atoms with Gasteiger partial charge in [-0.05, 0) is 13.0 Å². The van der Waals surface area contributed by atoms with Crippen molar-refractivity contribution in [1.29, 1.82) is 0 Å². The average molecular weight is 174 g/mol. The molecule has 0 aliphatic carbocycles. The summed E-state index contributed by atoms with van der Waals surface area (Å²) < 4.78 is 5.04. The molecule has 0 amide bonds. The monoisotopic (exact) mass is 174 g/mol. The molecule has 0 bridgehead atoms. The number of carbonyl (C=O) groups excluding carboxylic acids is 1. The van der Waals surface area contributed by atoms with Crippen LogP contribution in [0.2, 0.25) is 0 Å². The molecule has 1 unspecified atom stereocenters. The zero-order valence-electron chi connectivity index (χ0n) is 7.01. The Morgan fingerprint density at radius 3 is 2.67 bits per heavy atom. The minimum atomic E-state index is -0.971. The topological polar surface area (TPSA) is 66.8 Å². The first-order valence-corrected chi connectivity index (χ1v) is 3.78. The van der Waals surface area contributed by atoms with E-state index in [1.165, 1.54) is 12.2 Å². The van der Waals surface area contributed by atoms with Crippen LogP contribution in [0, 0.1) is 0 Å². The van der Waals surface area contributed by atoms with Crippen molar-refractivity contribution in [3.05, 3.63) is 12.2 Å². The third kappa shape index (κ3) is 4.23. The molecule has 0 aromatic carbocycles. The van der Waals surface area contributed by atoms with Crippen LogP contribution < -0.4 is 0 Å². The van der Waals surface area contributed by atoms with Crippen LogP contribution in [0.4, 0.5) is 0 Å². The highest BCUT2D eigenvalue weighted by atomic mass is 16.5. The number of allylic oxidation sites excluding steroid dienone is 1. The lowest BCUT2D eigenvalue weighted by Gasteiger charge is -2.16. The molecule has 0 aromatic rings. The van der Waals surface area contributed by atoms with Gasteiger partial charge in [0.2, 0.25) is 0 Å². The van der Waals surface area contributed by atoms with Crippen LogP contribution in [0.15, 0.2) is 12.2 Å². The van der Waals surface area contributed by atoms with Gasteiger partial charge in [0.05, 0.1) is 6.61 Å². The van der Waals surface area contributed by atoms with E-state index < -0.39 is 12.2 Å². The minimum Gasteiger partial charge on any atom is -0.394 e. The van der Waals surface area contributed by atoms with Crippen molar-refractivity contribution in [3.63, 3.8) is 0 Å². The molecule has 0 radical (unpaired) electrons. The molecule has 12 heavy (non-hydrogen) atoms. The van der Waals surface area contributed by atoms with Gasteiger partial charge in [-0.1, -0.05) is 6.08 Å². The molecule has 0 rings (SSSR count). The van der Waals surface area contributed by atoms with Crippen molar-refractivity contribution in [2.45, 2.75) is 19.1 Å². The number of carbonyl (C=O) groups is 1. The largest absolute Gasteiger partial charge is 0.394 e. The quantitative estimate of drug-likeness (QED) is 0.421. The summed E-state index contributed by atoms with van der Waals surface area (Å²) in [6.45, 7) is 1.81. The molecule has 0 fully saturated rings. The molecule has 4 nitrogen and oxygen atoms in total. The Hall–Kier alpha value is -0.710. The summed E-state index contributed by atoms with van der Waals surface area (Å²) in [6, 6.07) is 0. The summed E-state index contributed by atoms with van der Waals surface area (Å²) in [5.74, 6) is 0. The number of rotatable bonds is 6. The predicted octanol–water partition coefficient (Wildman–Crippen LogP) is -0.500. The summed E-state index contributed by atoms with van der Waals surface area (Å²) in [6.07, 6.45) is 1.67. The van der Waals surface area contributed by atoms with Gasteiger partial charge >= 0.3 is 0 Å². The number of aldehydes is 1. The van der Waals surface area contributed by atoms with Crippen molar-refractivity contribution in [3.8, 4) is 0 Å². The normalized spacial score (nSPS) is 16.2. The molecule has 0 heterocycles. The molecule has 0 saturated heterocycles. The fourth-order valence-electron chi connectivity index (χ4n) is 0.746. The fourth-order valence-corrected chi connectivity index (χ4v) is 0.746. The highest BCUT2D eigenvalue weighted by molar-refractivity contribution is 5.64. The van der Waals surface area contributed by atoms with E-state index in [0.29, 0.717) is 12.9 Å². The number of ether oxygens (including phenoxy) is 1. The maximum absolute atomic E-state index is 9.94. The van der Waals surface area contributed by atoms with Crippen molar-refractivity contribution < 1.29 is 19.7 Å². The average Bonchev–Trinajstić information content (AvgIpc) is 2.11.